The van der Waals surface area contributed by atoms with Crippen molar-refractivity contribution in [1.82, 2.24) is 0 Å². The van der Waals surface area contributed by atoms with E-state index in [0.29, 0.717) is 11.3 Å². The fourth-order valence-electron chi connectivity index (χ4n) is 1.96. The lowest BCUT2D eigenvalue weighted by Gasteiger charge is -2.09. The number of hydrogen-bond donors (Lipinski definition) is 0. The van der Waals surface area contributed by atoms with Gasteiger partial charge in [-0.3, -0.25) is 4.79 Å². The highest BCUT2D eigenvalue weighted by Crippen LogP contribution is 2.29. The van der Waals surface area contributed by atoms with Crippen molar-refractivity contribution in [2.45, 2.75) is 6.92 Å². The molecule has 0 aliphatic carbocycles. The number of carbonyl (C=O) groups excluding carboxylic acids is 1. The summed E-state index contributed by atoms with van der Waals surface area (Å²) in [4.78, 5) is 11.5. The Morgan fingerprint density at radius 1 is 0.947 bits per heavy atom. The van der Waals surface area contributed by atoms with Crippen LogP contribution >= 0.6 is 0 Å². The molecular weight excluding hydrogens is 240 g/mol. The van der Waals surface area contributed by atoms with Crippen molar-refractivity contribution >= 4 is 5.78 Å². The summed E-state index contributed by atoms with van der Waals surface area (Å²) in [7, 11) is 3.20. The third-order valence-electron chi connectivity index (χ3n) is 2.98. The van der Waals surface area contributed by atoms with E-state index in [1.54, 1.807) is 20.3 Å². The second kappa shape index (κ2) is 5.57. The van der Waals surface area contributed by atoms with Crippen LogP contribution in [0.4, 0.5) is 0 Å². The highest BCUT2D eigenvalue weighted by Gasteiger charge is 2.09. The number of ketones is 1. The van der Waals surface area contributed by atoms with Gasteiger partial charge in [0, 0.05) is 0 Å². The minimum atomic E-state index is -0.00552. The maximum atomic E-state index is 11.5. The van der Waals surface area contributed by atoms with Crippen molar-refractivity contribution in [1.29, 1.82) is 0 Å². The van der Waals surface area contributed by atoms with Crippen LogP contribution in [0.3, 0.4) is 0 Å². The highest BCUT2D eigenvalue weighted by atomic mass is 16.5. The summed E-state index contributed by atoms with van der Waals surface area (Å²) in [6, 6.07) is 13.3. The van der Waals surface area contributed by atoms with E-state index >= 15 is 0 Å². The van der Waals surface area contributed by atoms with Crippen LogP contribution in [-0.4, -0.2) is 20.0 Å². The van der Waals surface area contributed by atoms with Gasteiger partial charge in [-0.05, 0) is 42.3 Å². The number of hydrogen-bond acceptors (Lipinski definition) is 3. The summed E-state index contributed by atoms with van der Waals surface area (Å²) in [5.41, 5.74) is 2.60. The maximum Gasteiger partial charge on any atom is 0.163 e. The molecular formula is C16H16O3. The Labute approximate surface area is 112 Å². The molecule has 98 valence electrons. The van der Waals surface area contributed by atoms with Gasteiger partial charge in [0.2, 0.25) is 0 Å². The zero-order chi connectivity index (χ0) is 13.8. The van der Waals surface area contributed by atoms with Crippen LogP contribution < -0.4 is 9.47 Å². The Balaban J connectivity index is 2.48. The number of carbonyl (C=O) groups is 1. The van der Waals surface area contributed by atoms with E-state index in [1.165, 1.54) is 6.92 Å². The minimum Gasteiger partial charge on any atom is -0.497 e. The molecule has 0 atom stereocenters. The van der Waals surface area contributed by atoms with E-state index < -0.39 is 0 Å². The van der Waals surface area contributed by atoms with Crippen molar-refractivity contribution in [2.75, 3.05) is 14.2 Å². The molecule has 0 radical (unpaired) electrons. The molecule has 0 saturated carbocycles. The second-order valence-corrected chi connectivity index (χ2v) is 4.20. The zero-order valence-corrected chi connectivity index (χ0v) is 11.3. The molecule has 0 heterocycles. The molecule has 0 unspecified atom stereocenters. The summed E-state index contributed by atoms with van der Waals surface area (Å²) in [5.74, 6) is 1.38. The topological polar surface area (TPSA) is 35.5 Å². The van der Waals surface area contributed by atoms with Crippen molar-refractivity contribution in [3.05, 3.63) is 48.0 Å². The molecule has 0 aromatic heterocycles. The van der Waals surface area contributed by atoms with Gasteiger partial charge in [0.05, 0.1) is 19.8 Å². The molecule has 2 aromatic rings. The molecule has 19 heavy (non-hydrogen) atoms. The van der Waals surface area contributed by atoms with Crippen molar-refractivity contribution in [3.63, 3.8) is 0 Å². The lowest BCUT2D eigenvalue weighted by atomic mass is 10.0. The molecule has 0 amide bonds. The van der Waals surface area contributed by atoms with Gasteiger partial charge >= 0.3 is 0 Å². The molecule has 0 aliphatic heterocycles. The Hall–Kier alpha value is -2.29. The van der Waals surface area contributed by atoms with Crippen LogP contribution in [-0.2, 0) is 0 Å². The molecule has 0 aliphatic rings. The van der Waals surface area contributed by atoms with Gasteiger partial charge in [0.1, 0.15) is 11.5 Å². The lowest BCUT2D eigenvalue weighted by molar-refractivity contribution is 0.101. The standard InChI is InChI=1S/C16H16O3/c1-11(17)15-8-7-13(10-16(15)19-3)12-5-4-6-14(9-12)18-2/h4-10H,1-3H3. The highest BCUT2D eigenvalue weighted by molar-refractivity contribution is 5.97. The molecule has 3 nitrogen and oxygen atoms in total. The van der Waals surface area contributed by atoms with Gasteiger partial charge in [-0.2, -0.15) is 0 Å². The Morgan fingerprint density at radius 2 is 1.68 bits per heavy atom. The zero-order valence-electron chi connectivity index (χ0n) is 11.3. The first-order chi connectivity index (χ1) is 9.15. The summed E-state index contributed by atoms with van der Waals surface area (Å²) in [6.45, 7) is 1.53. The Kier molecular flexibility index (Phi) is 3.85. The molecule has 2 aromatic carbocycles. The first kappa shape index (κ1) is 13.1. The predicted octanol–water partition coefficient (Wildman–Crippen LogP) is 3.57. The summed E-state index contributed by atoms with van der Waals surface area (Å²) in [5, 5.41) is 0. The van der Waals surface area contributed by atoms with Crippen molar-refractivity contribution in [2.24, 2.45) is 0 Å². The van der Waals surface area contributed by atoms with Crippen LogP contribution in [0.5, 0.6) is 11.5 Å². The van der Waals surface area contributed by atoms with E-state index in [1.807, 2.05) is 36.4 Å². The normalized spacial score (nSPS) is 10.1. The van der Waals surface area contributed by atoms with Crippen LogP contribution in [0.25, 0.3) is 11.1 Å². The smallest absolute Gasteiger partial charge is 0.163 e. The molecule has 3 heteroatoms. The molecule has 0 bridgehead atoms. The van der Waals surface area contributed by atoms with Gasteiger partial charge in [-0.25, -0.2) is 0 Å². The van der Waals surface area contributed by atoms with Crippen LogP contribution in [0.15, 0.2) is 42.5 Å². The fourth-order valence-corrected chi connectivity index (χ4v) is 1.96. The molecule has 0 saturated heterocycles. The van der Waals surface area contributed by atoms with E-state index in [-0.39, 0.29) is 5.78 Å². The monoisotopic (exact) mass is 256 g/mol. The van der Waals surface area contributed by atoms with Gasteiger partial charge in [0.25, 0.3) is 0 Å². The largest absolute Gasteiger partial charge is 0.497 e. The summed E-state index contributed by atoms with van der Waals surface area (Å²) >= 11 is 0. The number of methoxy groups -OCH3 is 2. The Bertz CT molecular complexity index is 603. The van der Waals surface area contributed by atoms with E-state index in [2.05, 4.69) is 0 Å². The SMILES string of the molecule is COc1cccc(-c2ccc(C(C)=O)c(OC)c2)c1. The van der Waals surface area contributed by atoms with Gasteiger partial charge in [0.15, 0.2) is 5.78 Å². The van der Waals surface area contributed by atoms with Gasteiger partial charge in [-0.1, -0.05) is 18.2 Å². The van der Waals surface area contributed by atoms with Gasteiger partial charge < -0.3 is 9.47 Å². The van der Waals surface area contributed by atoms with Crippen LogP contribution in [0.2, 0.25) is 0 Å². The fraction of sp³-hybridized carbons (Fsp3) is 0.188. The van der Waals surface area contributed by atoms with Crippen LogP contribution in [0, 0.1) is 0 Å². The van der Waals surface area contributed by atoms with E-state index in [0.717, 1.165) is 16.9 Å². The molecule has 0 spiro atoms. The van der Waals surface area contributed by atoms with Crippen molar-refractivity contribution in [3.8, 4) is 22.6 Å². The van der Waals surface area contributed by atoms with Crippen LogP contribution in [0.1, 0.15) is 17.3 Å². The summed E-state index contributed by atoms with van der Waals surface area (Å²) in [6.07, 6.45) is 0. The van der Waals surface area contributed by atoms with Crippen molar-refractivity contribution < 1.29 is 14.3 Å². The molecule has 0 N–H and O–H groups in total. The average Bonchev–Trinajstić information content (AvgIpc) is 2.46. The predicted molar refractivity (Wildman–Crippen MR) is 75.0 cm³/mol. The third-order valence-corrected chi connectivity index (χ3v) is 2.98. The average molecular weight is 256 g/mol. The van der Waals surface area contributed by atoms with E-state index in [9.17, 15) is 4.79 Å². The molecule has 2 rings (SSSR count). The number of rotatable bonds is 4. The first-order valence-corrected chi connectivity index (χ1v) is 5.99. The third kappa shape index (κ3) is 2.76. The minimum absolute atomic E-state index is 0.00552. The van der Waals surface area contributed by atoms with E-state index in [4.69, 9.17) is 9.47 Å². The Morgan fingerprint density at radius 3 is 2.32 bits per heavy atom. The number of benzene rings is 2. The maximum absolute atomic E-state index is 11.5. The quantitative estimate of drug-likeness (QED) is 0.784. The summed E-state index contributed by atoms with van der Waals surface area (Å²) < 4.78 is 10.5. The van der Waals surface area contributed by atoms with Gasteiger partial charge in [-0.15, -0.1) is 0 Å². The lowest BCUT2D eigenvalue weighted by Crippen LogP contribution is -1.97. The number of Topliss-reactive ketones (excluding diaryl/α,β-unsaturated/α-hetero) is 1. The number of ether oxygens (including phenoxy) is 2. The second-order valence-electron chi connectivity index (χ2n) is 4.20. The molecule has 0 fully saturated rings. The first-order valence-electron chi connectivity index (χ1n) is 5.99.